The highest BCUT2D eigenvalue weighted by Crippen LogP contribution is 2.28. The number of H-pyrrole nitrogens is 1. The molecule has 120 valence electrons. The molecule has 0 radical (unpaired) electrons. The third-order valence-corrected chi connectivity index (χ3v) is 3.72. The van der Waals surface area contributed by atoms with E-state index in [2.05, 4.69) is 28.8 Å². The number of unbranched alkanes of at least 4 members (excludes halogenated alkanes) is 1. The molecule has 0 atom stereocenters. The fraction of sp³-hybridized carbons (Fsp3) is 0.316. The predicted molar refractivity (Wildman–Crippen MR) is 94.6 cm³/mol. The van der Waals surface area contributed by atoms with Gasteiger partial charge in [0, 0.05) is 35.1 Å². The third-order valence-electron chi connectivity index (χ3n) is 3.72. The molecule has 4 nitrogen and oxygen atoms in total. The molecule has 4 heteroatoms. The molecule has 0 amide bonds. The van der Waals surface area contributed by atoms with Crippen LogP contribution in [0.3, 0.4) is 0 Å². The van der Waals surface area contributed by atoms with E-state index in [9.17, 15) is 4.79 Å². The van der Waals surface area contributed by atoms with Crippen LogP contribution in [0.2, 0.25) is 0 Å². The monoisotopic (exact) mass is 309 g/mol. The van der Waals surface area contributed by atoms with Gasteiger partial charge in [-0.3, -0.25) is 9.78 Å². The molecule has 0 aromatic carbocycles. The first-order valence-corrected chi connectivity index (χ1v) is 7.98. The van der Waals surface area contributed by atoms with Crippen LogP contribution in [0, 0.1) is 6.92 Å². The molecule has 3 aromatic heterocycles. The van der Waals surface area contributed by atoms with Gasteiger partial charge in [-0.25, -0.2) is 4.98 Å². The third kappa shape index (κ3) is 3.83. The standard InChI is InChI=1S/C15H13N3O.C4H10/c1-9-7-18-15-14(9)12(5-6-16-15)13-4-3-11(8-17-13)10(2)19;1-3-4-2/h3-8H,1-2H3,(H,16,18);3-4H2,1-2H3. The minimum atomic E-state index is 0.0248. The number of pyridine rings is 2. The number of aromatic nitrogens is 3. The lowest BCUT2D eigenvalue weighted by molar-refractivity contribution is 0.101. The van der Waals surface area contributed by atoms with Crippen molar-refractivity contribution in [1.82, 2.24) is 15.0 Å². The Morgan fingerprint density at radius 2 is 1.87 bits per heavy atom. The molecule has 1 N–H and O–H groups in total. The zero-order valence-electron chi connectivity index (χ0n) is 14.2. The maximum absolute atomic E-state index is 11.3. The van der Waals surface area contributed by atoms with Crippen LogP contribution in [0.15, 0.2) is 36.8 Å². The highest BCUT2D eigenvalue weighted by Gasteiger charge is 2.10. The van der Waals surface area contributed by atoms with Crippen molar-refractivity contribution in [3.63, 3.8) is 0 Å². The molecule has 3 heterocycles. The second-order valence-corrected chi connectivity index (χ2v) is 5.54. The number of hydrogen-bond acceptors (Lipinski definition) is 3. The smallest absolute Gasteiger partial charge is 0.161 e. The van der Waals surface area contributed by atoms with E-state index in [-0.39, 0.29) is 5.78 Å². The van der Waals surface area contributed by atoms with E-state index in [1.807, 2.05) is 25.3 Å². The number of aromatic amines is 1. The number of carbonyl (C=O) groups excluding carboxylic acids is 1. The first-order valence-electron chi connectivity index (χ1n) is 7.98. The van der Waals surface area contributed by atoms with Gasteiger partial charge in [-0.1, -0.05) is 26.7 Å². The van der Waals surface area contributed by atoms with Gasteiger partial charge in [0.15, 0.2) is 5.78 Å². The molecule has 0 saturated carbocycles. The topological polar surface area (TPSA) is 58.6 Å². The molecule has 0 unspecified atom stereocenters. The van der Waals surface area contributed by atoms with Crippen LogP contribution < -0.4 is 0 Å². The van der Waals surface area contributed by atoms with Crippen molar-refractivity contribution in [2.24, 2.45) is 0 Å². The zero-order chi connectivity index (χ0) is 16.8. The normalized spacial score (nSPS) is 10.3. The first-order chi connectivity index (χ1) is 11.1. The summed E-state index contributed by atoms with van der Waals surface area (Å²) < 4.78 is 0. The molecule has 0 aliphatic carbocycles. The van der Waals surface area contributed by atoms with Crippen LogP contribution in [0.25, 0.3) is 22.3 Å². The molecule has 0 fully saturated rings. The summed E-state index contributed by atoms with van der Waals surface area (Å²) in [6, 6.07) is 5.62. The van der Waals surface area contributed by atoms with Crippen LogP contribution in [0.4, 0.5) is 0 Å². The van der Waals surface area contributed by atoms with Crippen LogP contribution in [-0.2, 0) is 0 Å². The lowest BCUT2D eigenvalue weighted by atomic mass is 10.1. The molecule has 0 aliphatic heterocycles. The Balaban J connectivity index is 0.000000433. The number of hydrogen-bond donors (Lipinski definition) is 1. The van der Waals surface area contributed by atoms with Gasteiger partial charge in [0.2, 0.25) is 0 Å². The Bertz CT molecular complexity index is 786. The van der Waals surface area contributed by atoms with Gasteiger partial charge < -0.3 is 4.98 Å². The van der Waals surface area contributed by atoms with Crippen molar-refractivity contribution in [1.29, 1.82) is 0 Å². The summed E-state index contributed by atoms with van der Waals surface area (Å²) in [5, 5.41) is 1.07. The van der Waals surface area contributed by atoms with Gasteiger partial charge in [-0.2, -0.15) is 0 Å². The number of fused-ring (bicyclic) bond motifs is 1. The van der Waals surface area contributed by atoms with Gasteiger partial charge in [0.05, 0.1) is 5.69 Å². The number of aryl methyl sites for hydroxylation is 1. The molecule has 3 rings (SSSR count). The van der Waals surface area contributed by atoms with Crippen molar-refractivity contribution >= 4 is 16.8 Å². The number of ketones is 1. The highest BCUT2D eigenvalue weighted by molar-refractivity contribution is 5.96. The lowest BCUT2D eigenvalue weighted by Crippen LogP contribution is -1.94. The fourth-order valence-corrected chi connectivity index (χ4v) is 2.19. The Morgan fingerprint density at radius 3 is 2.43 bits per heavy atom. The Morgan fingerprint density at radius 1 is 1.13 bits per heavy atom. The maximum Gasteiger partial charge on any atom is 0.161 e. The average molecular weight is 309 g/mol. The van der Waals surface area contributed by atoms with Crippen molar-refractivity contribution in [3.05, 3.63) is 47.9 Å². The minimum absolute atomic E-state index is 0.0248. The molecular weight excluding hydrogens is 286 g/mol. The second-order valence-electron chi connectivity index (χ2n) is 5.54. The SMILES string of the molecule is CC(=O)c1ccc(-c2ccnc3[nH]cc(C)c23)nc1.CCCC. The van der Waals surface area contributed by atoms with Crippen LogP contribution in [0.5, 0.6) is 0 Å². The van der Waals surface area contributed by atoms with Crippen molar-refractivity contribution in [2.45, 2.75) is 40.5 Å². The van der Waals surface area contributed by atoms with Gasteiger partial charge in [-0.05, 0) is 37.6 Å². The van der Waals surface area contributed by atoms with E-state index < -0.39 is 0 Å². The maximum atomic E-state index is 11.3. The molecule has 23 heavy (non-hydrogen) atoms. The Kier molecular flexibility index (Phi) is 5.63. The summed E-state index contributed by atoms with van der Waals surface area (Å²) in [5.74, 6) is 0.0248. The number of nitrogens with one attached hydrogen (secondary N) is 1. The second kappa shape index (κ2) is 7.68. The first kappa shape index (κ1) is 16.9. The predicted octanol–water partition coefficient (Wildman–Crippen LogP) is 4.94. The van der Waals surface area contributed by atoms with E-state index >= 15 is 0 Å². The number of carbonyl (C=O) groups is 1. The van der Waals surface area contributed by atoms with Crippen LogP contribution >= 0.6 is 0 Å². The van der Waals surface area contributed by atoms with E-state index in [0.717, 1.165) is 27.9 Å². The summed E-state index contributed by atoms with van der Waals surface area (Å²) in [7, 11) is 0. The highest BCUT2D eigenvalue weighted by atomic mass is 16.1. The number of nitrogens with zero attached hydrogens (tertiary/aromatic N) is 2. The molecule has 0 spiro atoms. The van der Waals surface area contributed by atoms with Gasteiger partial charge in [0.25, 0.3) is 0 Å². The van der Waals surface area contributed by atoms with E-state index in [1.165, 1.54) is 19.8 Å². The Labute approximate surface area is 137 Å². The molecule has 3 aromatic rings. The number of rotatable bonds is 3. The zero-order valence-corrected chi connectivity index (χ0v) is 14.2. The summed E-state index contributed by atoms with van der Waals surface area (Å²) in [6.45, 7) is 7.94. The van der Waals surface area contributed by atoms with E-state index in [0.29, 0.717) is 5.56 Å². The van der Waals surface area contributed by atoms with Crippen molar-refractivity contribution in [3.8, 4) is 11.3 Å². The minimum Gasteiger partial charge on any atom is -0.346 e. The lowest BCUT2D eigenvalue weighted by Gasteiger charge is -2.04. The largest absolute Gasteiger partial charge is 0.346 e. The van der Waals surface area contributed by atoms with Gasteiger partial charge >= 0.3 is 0 Å². The van der Waals surface area contributed by atoms with E-state index in [4.69, 9.17) is 0 Å². The Hall–Kier alpha value is -2.49. The number of Topliss-reactive ketones (excluding diaryl/α,β-unsaturated/α-hetero) is 1. The molecule has 0 aliphatic rings. The van der Waals surface area contributed by atoms with Gasteiger partial charge in [-0.15, -0.1) is 0 Å². The summed E-state index contributed by atoms with van der Waals surface area (Å²) >= 11 is 0. The van der Waals surface area contributed by atoms with Crippen LogP contribution in [-0.4, -0.2) is 20.7 Å². The molecular formula is C19H23N3O. The van der Waals surface area contributed by atoms with Crippen molar-refractivity contribution < 1.29 is 4.79 Å². The molecule has 0 bridgehead atoms. The summed E-state index contributed by atoms with van der Waals surface area (Å²) in [6.07, 6.45) is 7.95. The molecule has 0 saturated heterocycles. The summed E-state index contributed by atoms with van der Waals surface area (Å²) in [5.41, 5.74) is 4.49. The quantitative estimate of drug-likeness (QED) is 0.697. The average Bonchev–Trinajstić information content (AvgIpc) is 2.97. The summed E-state index contributed by atoms with van der Waals surface area (Å²) in [4.78, 5) is 23.1. The van der Waals surface area contributed by atoms with Crippen molar-refractivity contribution in [2.75, 3.05) is 0 Å². The van der Waals surface area contributed by atoms with Crippen LogP contribution in [0.1, 0.15) is 49.5 Å². The van der Waals surface area contributed by atoms with Gasteiger partial charge in [0.1, 0.15) is 5.65 Å². The fourth-order valence-electron chi connectivity index (χ4n) is 2.19. The van der Waals surface area contributed by atoms with E-state index in [1.54, 1.807) is 18.5 Å².